The number of rotatable bonds is 5. The summed E-state index contributed by atoms with van der Waals surface area (Å²) in [6.45, 7) is 3.68. The summed E-state index contributed by atoms with van der Waals surface area (Å²) < 4.78 is 23.2. The van der Waals surface area contributed by atoms with Crippen molar-refractivity contribution in [2.24, 2.45) is 0 Å². The van der Waals surface area contributed by atoms with Crippen molar-refractivity contribution >= 4 is 9.84 Å². The minimum Gasteiger partial charge on any atom is -0.312 e. The minimum atomic E-state index is -2.96. The van der Waals surface area contributed by atoms with E-state index in [4.69, 9.17) is 0 Å². The monoisotopic (exact) mass is 241 g/mol. The van der Waals surface area contributed by atoms with Gasteiger partial charge in [-0.15, -0.1) is 0 Å². The Morgan fingerprint density at radius 1 is 1.31 bits per heavy atom. The first-order valence-corrected chi connectivity index (χ1v) is 7.25. The Bertz CT molecular complexity index is 440. The number of sulfone groups is 1. The van der Waals surface area contributed by atoms with Crippen molar-refractivity contribution in [1.29, 1.82) is 0 Å². The van der Waals surface area contributed by atoms with Crippen LogP contribution in [0.15, 0.2) is 24.3 Å². The molecular formula is C12H19NO2S. The number of nitrogens with one attached hydrogen (secondary N) is 1. The van der Waals surface area contributed by atoms with E-state index in [-0.39, 0.29) is 17.5 Å². The van der Waals surface area contributed by atoms with E-state index in [1.165, 1.54) is 0 Å². The number of hydrogen-bond acceptors (Lipinski definition) is 3. The zero-order valence-corrected chi connectivity index (χ0v) is 10.8. The van der Waals surface area contributed by atoms with Crippen LogP contribution in [0.4, 0.5) is 0 Å². The maximum absolute atomic E-state index is 11.6. The zero-order valence-electron chi connectivity index (χ0n) is 10.0. The van der Waals surface area contributed by atoms with Crippen LogP contribution >= 0.6 is 0 Å². The van der Waals surface area contributed by atoms with Gasteiger partial charge in [0.25, 0.3) is 0 Å². The maximum Gasteiger partial charge on any atom is 0.151 e. The van der Waals surface area contributed by atoms with Crippen molar-refractivity contribution in [1.82, 2.24) is 5.32 Å². The van der Waals surface area contributed by atoms with Crippen LogP contribution in [0.3, 0.4) is 0 Å². The van der Waals surface area contributed by atoms with Gasteiger partial charge in [0.1, 0.15) is 0 Å². The summed E-state index contributed by atoms with van der Waals surface area (Å²) in [5.41, 5.74) is 2.18. The Morgan fingerprint density at radius 3 is 2.44 bits per heavy atom. The highest BCUT2D eigenvalue weighted by Gasteiger charge is 2.18. The van der Waals surface area contributed by atoms with Crippen molar-refractivity contribution in [2.75, 3.05) is 18.6 Å². The van der Waals surface area contributed by atoms with E-state index in [1.54, 1.807) is 14.0 Å². The average Bonchev–Trinajstić information content (AvgIpc) is 2.27. The van der Waals surface area contributed by atoms with E-state index >= 15 is 0 Å². The largest absolute Gasteiger partial charge is 0.312 e. The average molecular weight is 241 g/mol. The molecule has 1 aromatic rings. The Balaban J connectivity index is 2.96. The minimum absolute atomic E-state index is 0.119. The summed E-state index contributed by atoms with van der Waals surface area (Å²) in [5, 5.41) is 3.07. The van der Waals surface area contributed by atoms with Gasteiger partial charge in [-0.1, -0.05) is 31.2 Å². The molecule has 0 aliphatic carbocycles. The fourth-order valence-electron chi connectivity index (χ4n) is 1.68. The van der Waals surface area contributed by atoms with E-state index in [0.717, 1.165) is 11.1 Å². The molecule has 0 aliphatic rings. The van der Waals surface area contributed by atoms with Crippen LogP contribution in [0.1, 0.15) is 24.1 Å². The molecule has 0 aliphatic heterocycles. The normalized spacial score (nSPS) is 13.7. The molecule has 1 rings (SSSR count). The molecule has 0 bridgehead atoms. The molecule has 1 N–H and O–H groups in total. The SMILES string of the molecule is CCS(=O)(=O)CC(NC)c1ccccc1C. The van der Waals surface area contributed by atoms with Crippen LogP contribution in [0.5, 0.6) is 0 Å². The summed E-state index contributed by atoms with van der Waals surface area (Å²) in [6, 6.07) is 7.75. The standard InChI is InChI=1S/C12H19NO2S/c1-4-16(14,15)9-12(13-3)11-8-6-5-7-10(11)2/h5-8,12-13H,4,9H2,1-3H3. The van der Waals surface area contributed by atoms with Gasteiger partial charge in [-0.05, 0) is 25.1 Å². The van der Waals surface area contributed by atoms with Crippen molar-refractivity contribution in [2.45, 2.75) is 19.9 Å². The van der Waals surface area contributed by atoms with Gasteiger partial charge >= 0.3 is 0 Å². The molecule has 1 atom stereocenters. The van der Waals surface area contributed by atoms with Crippen LogP contribution in [0, 0.1) is 6.92 Å². The zero-order chi connectivity index (χ0) is 12.2. The second-order valence-corrected chi connectivity index (χ2v) is 6.29. The molecule has 0 aromatic heterocycles. The number of benzene rings is 1. The highest BCUT2D eigenvalue weighted by atomic mass is 32.2. The Morgan fingerprint density at radius 2 is 1.94 bits per heavy atom. The fourth-order valence-corrected chi connectivity index (χ4v) is 2.77. The first-order valence-electron chi connectivity index (χ1n) is 5.43. The molecular weight excluding hydrogens is 222 g/mol. The van der Waals surface area contributed by atoms with E-state index in [2.05, 4.69) is 5.32 Å². The first-order chi connectivity index (χ1) is 7.50. The molecule has 4 heteroatoms. The highest BCUT2D eigenvalue weighted by Crippen LogP contribution is 2.18. The fraction of sp³-hybridized carbons (Fsp3) is 0.500. The Hall–Kier alpha value is -0.870. The molecule has 3 nitrogen and oxygen atoms in total. The van der Waals surface area contributed by atoms with Gasteiger partial charge in [-0.2, -0.15) is 0 Å². The van der Waals surface area contributed by atoms with Crippen LogP contribution in [0.25, 0.3) is 0 Å². The van der Waals surface area contributed by atoms with Crippen molar-refractivity contribution < 1.29 is 8.42 Å². The Kier molecular flexibility index (Phi) is 4.50. The van der Waals surface area contributed by atoms with Gasteiger partial charge in [0.15, 0.2) is 9.84 Å². The van der Waals surface area contributed by atoms with E-state index in [1.807, 2.05) is 31.2 Å². The second-order valence-electron chi connectivity index (χ2n) is 3.90. The molecule has 0 fully saturated rings. The third-order valence-electron chi connectivity index (χ3n) is 2.77. The lowest BCUT2D eigenvalue weighted by atomic mass is 10.0. The molecule has 1 unspecified atom stereocenters. The third kappa shape index (κ3) is 3.32. The smallest absolute Gasteiger partial charge is 0.151 e. The van der Waals surface area contributed by atoms with Crippen LogP contribution in [0.2, 0.25) is 0 Å². The number of aryl methyl sites for hydroxylation is 1. The quantitative estimate of drug-likeness (QED) is 0.853. The van der Waals surface area contributed by atoms with Crippen LogP contribution in [-0.2, 0) is 9.84 Å². The third-order valence-corrected chi connectivity index (χ3v) is 4.49. The van der Waals surface area contributed by atoms with E-state index in [9.17, 15) is 8.42 Å². The molecule has 0 saturated heterocycles. The molecule has 0 radical (unpaired) electrons. The lowest BCUT2D eigenvalue weighted by molar-refractivity contribution is 0.574. The molecule has 1 aromatic carbocycles. The topological polar surface area (TPSA) is 46.2 Å². The van der Waals surface area contributed by atoms with Crippen LogP contribution in [-0.4, -0.2) is 27.0 Å². The van der Waals surface area contributed by atoms with Gasteiger partial charge in [-0.3, -0.25) is 0 Å². The summed E-state index contributed by atoms with van der Waals surface area (Å²) in [4.78, 5) is 0. The maximum atomic E-state index is 11.6. The van der Waals surface area contributed by atoms with Gasteiger partial charge in [0.05, 0.1) is 5.75 Å². The van der Waals surface area contributed by atoms with Gasteiger partial charge in [-0.25, -0.2) is 8.42 Å². The molecule has 16 heavy (non-hydrogen) atoms. The summed E-state index contributed by atoms with van der Waals surface area (Å²) in [5.74, 6) is 0.349. The van der Waals surface area contributed by atoms with E-state index in [0.29, 0.717) is 0 Å². The molecule has 0 saturated carbocycles. The predicted molar refractivity (Wildman–Crippen MR) is 67.3 cm³/mol. The Labute approximate surface area is 97.8 Å². The molecule has 0 spiro atoms. The highest BCUT2D eigenvalue weighted by molar-refractivity contribution is 7.91. The summed E-state index contributed by atoms with van der Waals surface area (Å²) in [6.07, 6.45) is 0. The molecule has 90 valence electrons. The van der Waals surface area contributed by atoms with Gasteiger partial charge < -0.3 is 5.32 Å². The molecule has 0 heterocycles. The molecule has 0 amide bonds. The van der Waals surface area contributed by atoms with Gasteiger partial charge in [0.2, 0.25) is 0 Å². The number of hydrogen-bond donors (Lipinski definition) is 1. The van der Waals surface area contributed by atoms with Gasteiger partial charge in [0, 0.05) is 11.8 Å². The predicted octanol–water partition coefficient (Wildman–Crippen LogP) is 1.69. The second kappa shape index (κ2) is 5.46. The summed E-state index contributed by atoms with van der Waals surface area (Å²) in [7, 11) is -1.16. The summed E-state index contributed by atoms with van der Waals surface area (Å²) >= 11 is 0. The van der Waals surface area contributed by atoms with Crippen molar-refractivity contribution in [3.05, 3.63) is 35.4 Å². The van der Waals surface area contributed by atoms with E-state index < -0.39 is 9.84 Å². The van der Waals surface area contributed by atoms with Crippen molar-refractivity contribution in [3.8, 4) is 0 Å². The lowest BCUT2D eigenvalue weighted by Crippen LogP contribution is -2.26. The van der Waals surface area contributed by atoms with Crippen LogP contribution < -0.4 is 5.32 Å². The van der Waals surface area contributed by atoms with Crippen molar-refractivity contribution in [3.63, 3.8) is 0 Å². The first kappa shape index (κ1) is 13.2. The lowest BCUT2D eigenvalue weighted by Gasteiger charge is -2.18.